The van der Waals surface area contributed by atoms with Gasteiger partial charge in [0.2, 0.25) is 0 Å². The number of phosphoric acid groups is 1. The molecule has 2 atom stereocenters. The van der Waals surface area contributed by atoms with Gasteiger partial charge in [0.1, 0.15) is 19.8 Å². The van der Waals surface area contributed by atoms with E-state index in [1.807, 2.05) is 21.1 Å². The Morgan fingerprint density at radius 3 is 1.14 bits per heavy atom. The molecule has 0 bridgehead atoms. The van der Waals surface area contributed by atoms with Crippen LogP contribution in [0.2, 0.25) is 0 Å². The first-order chi connectivity index (χ1) is 34.0. The lowest BCUT2D eigenvalue weighted by Crippen LogP contribution is -2.37. The number of nitrogens with zero attached hydrogens (tertiary/aromatic N) is 1. The van der Waals surface area contributed by atoms with E-state index in [1.54, 1.807) is 0 Å². The summed E-state index contributed by atoms with van der Waals surface area (Å²) in [5.74, 6) is -0.833. The third kappa shape index (κ3) is 53.8. The third-order valence-corrected chi connectivity index (χ3v) is 12.0. The Morgan fingerprint density at radius 2 is 0.771 bits per heavy atom. The maximum absolute atomic E-state index is 12.8. The van der Waals surface area contributed by atoms with Crippen molar-refractivity contribution < 1.29 is 42.1 Å². The molecular formula is C60H101NO8P+. The Balaban J connectivity index is 4.30. The molecule has 0 aliphatic heterocycles. The van der Waals surface area contributed by atoms with Crippen molar-refractivity contribution in [2.45, 2.75) is 200 Å². The Hall–Kier alpha value is -3.59. The number of hydrogen-bond donors (Lipinski definition) is 1. The Kier molecular flexibility index (Phi) is 47.8. The van der Waals surface area contributed by atoms with Gasteiger partial charge in [0.15, 0.2) is 6.10 Å². The van der Waals surface area contributed by atoms with E-state index in [4.69, 9.17) is 18.5 Å². The summed E-state index contributed by atoms with van der Waals surface area (Å²) in [7, 11) is 1.44. The van der Waals surface area contributed by atoms with Crippen LogP contribution in [0.4, 0.5) is 0 Å². The summed E-state index contributed by atoms with van der Waals surface area (Å²) in [6.45, 7) is 4.16. The normalized spacial score (nSPS) is 14.3. The quantitative estimate of drug-likeness (QED) is 0.0211. The maximum Gasteiger partial charge on any atom is 0.472 e. The van der Waals surface area contributed by atoms with Crippen LogP contribution in [-0.2, 0) is 32.7 Å². The number of unbranched alkanes of at least 4 members (excludes halogenated alkanes) is 14. The second-order valence-corrected chi connectivity index (χ2v) is 20.3. The standard InChI is InChI=1S/C60H100NO8P/c1-6-8-10-12-14-16-18-20-22-24-26-28-30-32-34-36-38-40-42-44-46-48-50-52-59(62)66-56-58(57-68-70(64,65)67-55-54-61(3,4)5)69-60(63)53-51-49-47-45-43-41-39-37-35-33-31-29-27-25-23-21-19-17-15-13-11-9-7-2/h8-11,14-17,20-23,26-29,32-35,58H,6-7,12-13,18-19,24-25,30-31,36-57H2,1-5H3/p+1/b10-8-,11-9-,16-14-,17-15-,22-20-,23-21-,28-26-,29-27-,34-32-,35-33-. The lowest BCUT2D eigenvalue weighted by Gasteiger charge is -2.24. The first kappa shape index (κ1) is 66.4. The zero-order valence-electron chi connectivity index (χ0n) is 45.0. The summed E-state index contributed by atoms with van der Waals surface area (Å²) >= 11 is 0. The number of hydrogen-bond acceptors (Lipinski definition) is 7. The molecule has 0 aromatic rings. The first-order valence-electron chi connectivity index (χ1n) is 27.3. The van der Waals surface area contributed by atoms with Crippen molar-refractivity contribution in [3.63, 3.8) is 0 Å². The minimum absolute atomic E-state index is 0.0200. The van der Waals surface area contributed by atoms with Gasteiger partial charge in [-0.05, 0) is 103 Å². The van der Waals surface area contributed by atoms with Gasteiger partial charge in [-0.1, -0.05) is 200 Å². The van der Waals surface area contributed by atoms with Crippen LogP contribution in [0, 0.1) is 0 Å². The molecule has 0 spiro atoms. The van der Waals surface area contributed by atoms with E-state index in [-0.39, 0.29) is 32.0 Å². The van der Waals surface area contributed by atoms with Gasteiger partial charge >= 0.3 is 19.8 Å². The summed E-state index contributed by atoms with van der Waals surface area (Å²) in [4.78, 5) is 35.7. The monoisotopic (exact) mass is 995 g/mol. The molecule has 0 aromatic heterocycles. The molecule has 1 N–H and O–H groups in total. The zero-order valence-corrected chi connectivity index (χ0v) is 45.8. The van der Waals surface area contributed by atoms with Crippen LogP contribution in [0.25, 0.3) is 0 Å². The van der Waals surface area contributed by atoms with Crippen LogP contribution in [0.5, 0.6) is 0 Å². The van der Waals surface area contributed by atoms with Crippen molar-refractivity contribution in [2.75, 3.05) is 47.5 Å². The van der Waals surface area contributed by atoms with E-state index >= 15 is 0 Å². The van der Waals surface area contributed by atoms with Crippen LogP contribution < -0.4 is 0 Å². The van der Waals surface area contributed by atoms with Crippen molar-refractivity contribution >= 4 is 19.8 Å². The number of rotatable bonds is 48. The molecule has 2 unspecified atom stereocenters. The highest BCUT2D eigenvalue weighted by Gasteiger charge is 2.27. The molecule has 0 heterocycles. The number of quaternary nitrogens is 1. The lowest BCUT2D eigenvalue weighted by atomic mass is 10.1. The molecule has 0 amide bonds. The molecule has 9 nitrogen and oxygen atoms in total. The van der Waals surface area contributed by atoms with Gasteiger partial charge in [0.25, 0.3) is 0 Å². The maximum atomic E-state index is 12.8. The van der Waals surface area contributed by atoms with Crippen molar-refractivity contribution in [1.29, 1.82) is 0 Å². The van der Waals surface area contributed by atoms with Crippen LogP contribution in [0.3, 0.4) is 0 Å². The molecule has 0 aliphatic rings. The van der Waals surface area contributed by atoms with E-state index in [9.17, 15) is 19.0 Å². The van der Waals surface area contributed by atoms with Gasteiger partial charge in [-0.25, -0.2) is 4.57 Å². The zero-order chi connectivity index (χ0) is 51.3. The first-order valence-corrected chi connectivity index (χ1v) is 28.8. The average Bonchev–Trinajstić information content (AvgIpc) is 3.32. The Morgan fingerprint density at radius 1 is 0.443 bits per heavy atom. The summed E-state index contributed by atoms with van der Waals surface area (Å²) in [5, 5.41) is 0. The predicted octanol–water partition coefficient (Wildman–Crippen LogP) is 16.8. The van der Waals surface area contributed by atoms with Gasteiger partial charge in [-0.15, -0.1) is 0 Å². The SMILES string of the molecule is CC/C=C\C/C=C\C/C=C\C/C=C\C/C=C\CCCCCCCCCC(=O)OCC(COP(=O)(O)OCC[N+](C)(C)C)OC(=O)CCCCCCCCC/C=C\C/C=C\C/C=C\C/C=C\C/C=C\CC. The molecule has 0 radical (unpaired) electrons. The number of esters is 2. The fourth-order valence-electron chi connectivity index (χ4n) is 6.83. The van der Waals surface area contributed by atoms with E-state index in [1.165, 1.54) is 38.5 Å². The van der Waals surface area contributed by atoms with Gasteiger partial charge < -0.3 is 18.9 Å². The predicted molar refractivity (Wildman–Crippen MR) is 297 cm³/mol. The Labute approximate surface area is 428 Å². The van der Waals surface area contributed by atoms with Crippen LogP contribution >= 0.6 is 7.82 Å². The number of allylic oxidation sites excluding steroid dienone is 20. The van der Waals surface area contributed by atoms with Crippen LogP contribution in [-0.4, -0.2) is 74.9 Å². The van der Waals surface area contributed by atoms with Crippen molar-refractivity contribution in [2.24, 2.45) is 0 Å². The molecule has 0 rings (SSSR count). The van der Waals surface area contributed by atoms with E-state index in [0.717, 1.165) is 122 Å². The smallest absolute Gasteiger partial charge is 0.462 e. The average molecular weight is 995 g/mol. The largest absolute Gasteiger partial charge is 0.472 e. The molecule has 10 heteroatoms. The summed E-state index contributed by atoms with van der Waals surface area (Å²) in [5.41, 5.74) is 0. The second-order valence-electron chi connectivity index (χ2n) is 18.8. The number of carbonyl (C=O) groups is 2. The number of ether oxygens (including phenoxy) is 2. The van der Waals surface area contributed by atoms with Gasteiger partial charge in [0, 0.05) is 12.8 Å². The second kappa shape index (κ2) is 50.4. The van der Waals surface area contributed by atoms with Gasteiger partial charge in [-0.2, -0.15) is 0 Å². The summed E-state index contributed by atoms with van der Waals surface area (Å²) < 4.78 is 34.5. The van der Waals surface area contributed by atoms with Crippen LogP contribution in [0.15, 0.2) is 122 Å². The lowest BCUT2D eigenvalue weighted by molar-refractivity contribution is -0.870. The third-order valence-electron chi connectivity index (χ3n) is 11.0. The van der Waals surface area contributed by atoms with Crippen LogP contribution in [0.1, 0.15) is 194 Å². The number of likely N-dealkylation sites (N-methyl/N-ethyl adjacent to an activating group) is 1. The fourth-order valence-corrected chi connectivity index (χ4v) is 7.57. The summed E-state index contributed by atoms with van der Waals surface area (Å²) in [6.07, 6.45) is 71.0. The highest BCUT2D eigenvalue weighted by molar-refractivity contribution is 7.47. The van der Waals surface area contributed by atoms with E-state index in [0.29, 0.717) is 17.4 Å². The highest BCUT2D eigenvalue weighted by atomic mass is 31.2. The van der Waals surface area contributed by atoms with Crippen molar-refractivity contribution in [1.82, 2.24) is 0 Å². The Bertz CT molecular complexity index is 1590. The van der Waals surface area contributed by atoms with E-state index < -0.39 is 26.5 Å². The van der Waals surface area contributed by atoms with Gasteiger partial charge in [0.05, 0.1) is 27.7 Å². The minimum Gasteiger partial charge on any atom is -0.462 e. The number of carbonyl (C=O) groups excluding carboxylic acids is 2. The molecule has 0 aromatic carbocycles. The minimum atomic E-state index is -4.40. The molecule has 0 aliphatic carbocycles. The number of phosphoric ester groups is 1. The molecule has 70 heavy (non-hydrogen) atoms. The molecule has 0 saturated heterocycles. The molecule has 0 fully saturated rings. The fraction of sp³-hybridized carbons (Fsp3) is 0.633. The van der Waals surface area contributed by atoms with E-state index in [2.05, 4.69) is 135 Å². The molecular weight excluding hydrogens is 894 g/mol. The highest BCUT2D eigenvalue weighted by Crippen LogP contribution is 2.43. The van der Waals surface area contributed by atoms with Crippen molar-refractivity contribution in [3.05, 3.63) is 122 Å². The summed E-state index contributed by atoms with van der Waals surface area (Å²) in [6, 6.07) is 0. The molecule has 0 saturated carbocycles. The molecule has 398 valence electrons. The topological polar surface area (TPSA) is 108 Å². The van der Waals surface area contributed by atoms with Gasteiger partial charge in [-0.3, -0.25) is 18.6 Å². The van der Waals surface area contributed by atoms with Crippen molar-refractivity contribution in [3.8, 4) is 0 Å².